The van der Waals surface area contributed by atoms with E-state index in [0.29, 0.717) is 17.8 Å². The first-order chi connectivity index (χ1) is 8.80. The zero-order chi connectivity index (χ0) is 13.0. The maximum Gasteiger partial charge on any atom is 0.231 e. The van der Waals surface area contributed by atoms with Crippen LogP contribution < -0.4 is 5.32 Å². The monoisotopic (exact) mass is 253 g/mol. The molecule has 3 unspecified atom stereocenters. The molecule has 1 aliphatic rings. The Morgan fingerprint density at radius 1 is 1.44 bits per heavy atom. The van der Waals surface area contributed by atoms with Crippen LogP contribution in [-0.4, -0.2) is 30.3 Å². The van der Waals surface area contributed by atoms with Crippen LogP contribution in [0.2, 0.25) is 0 Å². The molecule has 18 heavy (non-hydrogen) atoms. The molecular formula is C13H23N3O2. The van der Waals surface area contributed by atoms with E-state index in [1.807, 2.05) is 7.05 Å². The van der Waals surface area contributed by atoms with Crippen LogP contribution >= 0.6 is 0 Å². The second-order valence-electron chi connectivity index (χ2n) is 4.91. The van der Waals surface area contributed by atoms with Crippen molar-refractivity contribution in [2.24, 2.45) is 0 Å². The minimum atomic E-state index is -0.0564. The van der Waals surface area contributed by atoms with Gasteiger partial charge in [0.15, 0.2) is 0 Å². The number of hydrogen-bond donors (Lipinski definition) is 1. The van der Waals surface area contributed by atoms with E-state index in [4.69, 9.17) is 9.26 Å². The Hall–Kier alpha value is -0.940. The van der Waals surface area contributed by atoms with Crippen LogP contribution in [-0.2, 0) is 4.74 Å². The normalized spacial score (nSPS) is 26.2. The highest BCUT2D eigenvalue weighted by Gasteiger charge is 2.30. The Balaban J connectivity index is 2.12. The third-order valence-electron chi connectivity index (χ3n) is 3.85. The predicted molar refractivity (Wildman–Crippen MR) is 68.4 cm³/mol. The molecule has 0 spiro atoms. The molecule has 1 aromatic rings. The van der Waals surface area contributed by atoms with Crippen LogP contribution in [0.5, 0.6) is 0 Å². The minimum Gasteiger partial charge on any atom is -0.373 e. The molecule has 0 bridgehead atoms. The molecule has 5 heteroatoms. The molecule has 1 aromatic heterocycles. The van der Waals surface area contributed by atoms with Crippen LogP contribution in [0.15, 0.2) is 4.52 Å². The van der Waals surface area contributed by atoms with Gasteiger partial charge in [-0.2, -0.15) is 4.98 Å². The first-order valence-electron chi connectivity index (χ1n) is 6.83. The lowest BCUT2D eigenvalue weighted by Crippen LogP contribution is -2.34. The Bertz CT molecular complexity index is 363. The van der Waals surface area contributed by atoms with Gasteiger partial charge >= 0.3 is 0 Å². The number of aromatic nitrogens is 2. The van der Waals surface area contributed by atoms with Gasteiger partial charge in [-0.15, -0.1) is 0 Å². The van der Waals surface area contributed by atoms with Gasteiger partial charge in [0, 0.05) is 13.2 Å². The molecule has 5 nitrogen and oxygen atoms in total. The number of hydrogen-bond acceptors (Lipinski definition) is 5. The summed E-state index contributed by atoms with van der Waals surface area (Å²) >= 11 is 0. The predicted octanol–water partition coefficient (Wildman–Crippen LogP) is 2.41. The molecule has 1 N–H and O–H groups in total. The van der Waals surface area contributed by atoms with E-state index in [1.54, 1.807) is 7.11 Å². The van der Waals surface area contributed by atoms with Gasteiger partial charge in [0.1, 0.15) is 6.10 Å². The average Bonchev–Trinajstić information content (AvgIpc) is 2.89. The zero-order valence-electron chi connectivity index (χ0n) is 11.5. The molecule has 0 aliphatic heterocycles. The number of nitrogens with zero attached hydrogens (tertiary/aromatic N) is 2. The highest BCUT2D eigenvalue weighted by molar-refractivity contribution is 5.02. The van der Waals surface area contributed by atoms with Crippen molar-refractivity contribution < 1.29 is 9.26 Å². The lowest BCUT2D eigenvalue weighted by atomic mass is 9.84. The molecule has 1 heterocycles. The summed E-state index contributed by atoms with van der Waals surface area (Å²) < 4.78 is 10.8. The van der Waals surface area contributed by atoms with E-state index in [1.165, 1.54) is 19.3 Å². The smallest absolute Gasteiger partial charge is 0.231 e. The first kappa shape index (κ1) is 13.5. The fourth-order valence-electron chi connectivity index (χ4n) is 2.76. The Morgan fingerprint density at radius 2 is 2.22 bits per heavy atom. The topological polar surface area (TPSA) is 60.2 Å². The molecule has 0 aromatic carbocycles. The molecule has 1 saturated carbocycles. The summed E-state index contributed by atoms with van der Waals surface area (Å²) in [6, 6.07) is 0.453. The molecule has 1 fully saturated rings. The molecular weight excluding hydrogens is 230 g/mol. The number of ether oxygens (including phenoxy) is 1. The lowest BCUT2D eigenvalue weighted by Gasteiger charge is -2.28. The summed E-state index contributed by atoms with van der Waals surface area (Å²) in [5.74, 6) is 1.79. The zero-order valence-corrected chi connectivity index (χ0v) is 11.5. The highest BCUT2D eigenvalue weighted by atomic mass is 16.5. The van der Waals surface area contributed by atoms with Gasteiger partial charge < -0.3 is 14.6 Å². The standard InChI is InChI=1S/C13H23N3O2/c1-4-11(17-3)12-15-13(18-16-12)9-7-5-6-8-10(9)14-2/h9-11,14H,4-8H2,1-3H3. The number of rotatable bonds is 5. The van der Waals surface area contributed by atoms with E-state index in [-0.39, 0.29) is 6.10 Å². The third kappa shape index (κ3) is 2.72. The van der Waals surface area contributed by atoms with E-state index >= 15 is 0 Å². The fraction of sp³-hybridized carbons (Fsp3) is 0.846. The second kappa shape index (κ2) is 6.29. The summed E-state index contributed by atoms with van der Waals surface area (Å²) in [5, 5.41) is 7.42. The van der Waals surface area contributed by atoms with Gasteiger partial charge in [0.2, 0.25) is 11.7 Å². The molecule has 1 aliphatic carbocycles. The van der Waals surface area contributed by atoms with Crippen molar-refractivity contribution >= 4 is 0 Å². The largest absolute Gasteiger partial charge is 0.373 e. The second-order valence-corrected chi connectivity index (χ2v) is 4.91. The van der Waals surface area contributed by atoms with Gasteiger partial charge in [-0.3, -0.25) is 0 Å². The maximum absolute atomic E-state index is 5.44. The molecule has 0 radical (unpaired) electrons. The first-order valence-corrected chi connectivity index (χ1v) is 6.83. The van der Waals surface area contributed by atoms with E-state index in [2.05, 4.69) is 22.4 Å². The van der Waals surface area contributed by atoms with Crippen molar-refractivity contribution in [1.82, 2.24) is 15.5 Å². The molecule has 3 atom stereocenters. The molecule has 0 amide bonds. The summed E-state index contributed by atoms with van der Waals surface area (Å²) in [4.78, 5) is 4.53. The van der Waals surface area contributed by atoms with Crippen molar-refractivity contribution in [3.05, 3.63) is 11.7 Å². The minimum absolute atomic E-state index is 0.0564. The van der Waals surface area contributed by atoms with Crippen LogP contribution in [0, 0.1) is 0 Å². The lowest BCUT2D eigenvalue weighted by molar-refractivity contribution is 0.0903. The Labute approximate surface area is 108 Å². The van der Waals surface area contributed by atoms with Crippen LogP contribution in [0.4, 0.5) is 0 Å². The third-order valence-corrected chi connectivity index (χ3v) is 3.85. The van der Waals surface area contributed by atoms with Crippen molar-refractivity contribution in [2.75, 3.05) is 14.2 Å². The number of methoxy groups -OCH3 is 1. The number of nitrogens with one attached hydrogen (secondary N) is 1. The van der Waals surface area contributed by atoms with Crippen molar-refractivity contribution in [2.45, 2.75) is 57.1 Å². The van der Waals surface area contributed by atoms with Gasteiger partial charge in [0.05, 0.1) is 5.92 Å². The Kier molecular flexibility index (Phi) is 4.72. The van der Waals surface area contributed by atoms with Gasteiger partial charge in [-0.05, 0) is 26.3 Å². The van der Waals surface area contributed by atoms with Crippen LogP contribution in [0.25, 0.3) is 0 Å². The SMILES string of the molecule is CCC(OC)c1noc(C2CCCCC2NC)n1. The quantitative estimate of drug-likeness (QED) is 0.873. The summed E-state index contributed by atoms with van der Waals surface area (Å²) in [6.07, 6.45) is 5.62. The average molecular weight is 253 g/mol. The maximum atomic E-state index is 5.44. The van der Waals surface area contributed by atoms with Gasteiger partial charge in [0.25, 0.3) is 0 Å². The van der Waals surface area contributed by atoms with Gasteiger partial charge in [-0.1, -0.05) is 24.9 Å². The highest BCUT2D eigenvalue weighted by Crippen LogP contribution is 2.32. The summed E-state index contributed by atoms with van der Waals surface area (Å²) in [5.41, 5.74) is 0. The van der Waals surface area contributed by atoms with Crippen molar-refractivity contribution in [3.63, 3.8) is 0 Å². The van der Waals surface area contributed by atoms with Crippen LogP contribution in [0.3, 0.4) is 0 Å². The van der Waals surface area contributed by atoms with Crippen molar-refractivity contribution in [3.8, 4) is 0 Å². The molecule has 0 saturated heterocycles. The van der Waals surface area contributed by atoms with Gasteiger partial charge in [-0.25, -0.2) is 0 Å². The van der Waals surface area contributed by atoms with Crippen LogP contribution in [0.1, 0.15) is 62.8 Å². The van der Waals surface area contributed by atoms with E-state index in [0.717, 1.165) is 18.7 Å². The fourth-order valence-corrected chi connectivity index (χ4v) is 2.76. The summed E-state index contributed by atoms with van der Waals surface area (Å²) in [7, 11) is 3.69. The molecule has 102 valence electrons. The number of likely N-dealkylation sites (N-methyl/N-ethyl adjacent to an activating group) is 1. The van der Waals surface area contributed by atoms with Crippen molar-refractivity contribution in [1.29, 1.82) is 0 Å². The van der Waals surface area contributed by atoms with E-state index < -0.39 is 0 Å². The Morgan fingerprint density at radius 3 is 2.89 bits per heavy atom. The molecule has 2 rings (SSSR count). The summed E-state index contributed by atoms with van der Waals surface area (Å²) in [6.45, 7) is 2.06. The van der Waals surface area contributed by atoms with E-state index in [9.17, 15) is 0 Å².